The Morgan fingerprint density at radius 1 is 1.16 bits per heavy atom. The van der Waals surface area contributed by atoms with Gasteiger partial charge in [0.2, 0.25) is 0 Å². The van der Waals surface area contributed by atoms with Gasteiger partial charge in [0.25, 0.3) is 11.8 Å². The first kappa shape index (κ1) is 21.2. The van der Waals surface area contributed by atoms with E-state index in [2.05, 4.69) is 10.4 Å². The molecule has 4 rings (SSSR count). The molecule has 1 saturated heterocycles. The van der Waals surface area contributed by atoms with Crippen LogP contribution in [-0.2, 0) is 0 Å². The van der Waals surface area contributed by atoms with Crippen molar-refractivity contribution >= 4 is 23.4 Å². The van der Waals surface area contributed by atoms with Gasteiger partial charge < -0.3 is 14.6 Å². The second-order valence-electron chi connectivity index (χ2n) is 8.04. The van der Waals surface area contributed by atoms with E-state index >= 15 is 0 Å². The van der Waals surface area contributed by atoms with Crippen molar-refractivity contribution in [1.29, 1.82) is 0 Å². The van der Waals surface area contributed by atoms with Crippen molar-refractivity contribution in [2.24, 2.45) is 0 Å². The molecule has 0 bridgehead atoms. The Kier molecular flexibility index (Phi) is 6.13. The van der Waals surface area contributed by atoms with Gasteiger partial charge in [-0.2, -0.15) is 5.10 Å². The maximum atomic E-state index is 13.1. The summed E-state index contributed by atoms with van der Waals surface area (Å²) >= 11 is 6.00. The average molecular weight is 441 g/mol. The first-order chi connectivity index (χ1) is 14.9. The lowest BCUT2D eigenvalue weighted by Gasteiger charge is -2.32. The number of hydrogen-bond donors (Lipinski definition) is 1. The van der Waals surface area contributed by atoms with Gasteiger partial charge in [-0.3, -0.25) is 9.59 Å². The maximum absolute atomic E-state index is 13.1. The molecule has 0 radical (unpaired) electrons. The number of carbonyl (C=O) groups excluding carboxylic acids is 2. The van der Waals surface area contributed by atoms with E-state index in [4.69, 9.17) is 16.0 Å². The highest BCUT2D eigenvalue weighted by Crippen LogP contribution is 2.24. The fraction of sp³-hybridized carbons (Fsp3) is 0.348. The predicted octanol–water partition coefficient (Wildman–Crippen LogP) is 4.28. The summed E-state index contributed by atoms with van der Waals surface area (Å²) in [5.74, 6) is -0.0678. The van der Waals surface area contributed by atoms with Crippen LogP contribution in [0.25, 0.3) is 5.69 Å². The van der Waals surface area contributed by atoms with Gasteiger partial charge in [0.15, 0.2) is 0 Å². The molecule has 7 nitrogen and oxygen atoms in total. The third-order valence-electron chi connectivity index (χ3n) is 5.55. The molecule has 2 aromatic heterocycles. The highest BCUT2D eigenvalue weighted by molar-refractivity contribution is 6.30. The van der Waals surface area contributed by atoms with Gasteiger partial charge in [0, 0.05) is 24.2 Å². The van der Waals surface area contributed by atoms with Crippen molar-refractivity contribution in [3.05, 3.63) is 70.9 Å². The average Bonchev–Trinajstić information content (AvgIpc) is 3.45. The summed E-state index contributed by atoms with van der Waals surface area (Å²) in [6, 6.07) is 9.06. The number of benzene rings is 1. The molecular weight excluding hydrogens is 416 g/mol. The Bertz CT molecular complexity index is 1050. The maximum Gasteiger partial charge on any atom is 0.257 e. The van der Waals surface area contributed by atoms with Crippen molar-refractivity contribution in [2.75, 3.05) is 13.1 Å². The number of carbonyl (C=O) groups is 2. The zero-order valence-corrected chi connectivity index (χ0v) is 18.3. The van der Waals surface area contributed by atoms with Crippen LogP contribution in [-0.4, -0.2) is 45.6 Å². The van der Waals surface area contributed by atoms with Crippen LogP contribution in [0.3, 0.4) is 0 Å². The topological polar surface area (TPSA) is 80.4 Å². The molecule has 31 heavy (non-hydrogen) atoms. The SMILES string of the molecule is CC(C)c1c(C(=O)NC2CCN(C(=O)c3ccoc3)CC2)cnn1-c1ccc(Cl)cc1. The van der Waals surface area contributed by atoms with Crippen LogP contribution in [0.2, 0.25) is 5.02 Å². The zero-order chi connectivity index (χ0) is 22.0. The summed E-state index contributed by atoms with van der Waals surface area (Å²) in [4.78, 5) is 27.3. The summed E-state index contributed by atoms with van der Waals surface area (Å²) in [5.41, 5.74) is 2.84. The lowest BCUT2D eigenvalue weighted by Crippen LogP contribution is -2.46. The van der Waals surface area contributed by atoms with Crippen molar-refractivity contribution < 1.29 is 14.0 Å². The van der Waals surface area contributed by atoms with Gasteiger partial charge >= 0.3 is 0 Å². The van der Waals surface area contributed by atoms with E-state index in [-0.39, 0.29) is 23.8 Å². The fourth-order valence-electron chi connectivity index (χ4n) is 3.94. The number of piperidine rings is 1. The van der Waals surface area contributed by atoms with E-state index in [1.807, 2.05) is 26.0 Å². The van der Waals surface area contributed by atoms with E-state index < -0.39 is 0 Å². The number of aromatic nitrogens is 2. The molecule has 1 N–H and O–H groups in total. The number of nitrogens with one attached hydrogen (secondary N) is 1. The lowest BCUT2D eigenvalue weighted by atomic mass is 10.0. The van der Waals surface area contributed by atoms with E-state index in [9.17, 15) is 9.59 Å². The standard InChI is InChI=1S/C23H25ClN4O3/c1-15(2)21-20(13-25-28(21)19-5-3-17(24)4-6-19)22(29)26-18-7-10-27(11-8-18)23(30)16-9-12-31-14-16/h3-6,9,12-15,18H,7-8,10-11H2,1-2H3,(H,26,29). The van der Waals surface area contributed by atoms with Crippen molar-refractivity contribution in [1.82, 2.24) is 20.0 Å². The molecule has 1 fully saturated rings. The van der Waals surface area contributed by atoms with Gasteiger partial charge in [-0.25, -0.2) is 4.68 Å². The largest absolute Gasteiger partial charge is 0.472 e. The zero-order valence-electron chi connectivity index (χ0n) is 17.5. The summed E-state index contributed by atoms with van der Waals surface area (Å²) in [7, 11) is 0. The van der Waals surface area contributed by atoms with Crippen LogP contribution in [0.15, 0.2) is 53.5 Å². The molecule has 1 aliphatic rings. The summed E-state index contributed by atoms with van der Waals surface area (Å²) in [6.45, 7) is 5.27. The monoisotopic (exact) mass is 440 g/mol. The van der Waals surface area contributed by atoms with E-state index in [0.717, 1.165) is 11.4 Å². The smallest absolute Gasteiger partial charge is 0.257 e. The third kappa shape index (κ3) is 4.51. The van der Waals surface area contributed by atoms with Crippen LogP contribution in [0.5, 0.6) is 0 Å². The normalized spacial score (nSPS) is 14.8. The van der Waals surface area contributed by atoms with Gasteiger partial charge in [-0.05, 0) is 49.1 Å². The molecule has 0 unspecified atom stereocenters. The Hall–Kier alpha value is -3.06. The van der Waals surface area contributed by atoms with Crippen molar-refractivity contribution in [3.8, 4) is 5.69 Å². The molecule has 162 valence electrons. The molecule has 1 aliphatic heterocycles. The molecule has 0 aliphatic carbocycles. The van der Waals surface area contributed by atoms with Crippen molar-refractivity contribution in [3.63, 3.8) is 0 Å². The highest BCUT2D eigenvalue weighted by Gasteiger charge is 2.27. The molecule has 2 amide bonds. The Labute approximate surface area is 186 Å². The fourth-order valence-corrected chi connectivity index (χ4v) is 4.06. The number of hydrogen-bond acceptors (Lipinski definition) is 4. The molecule has 0 saturated carbocycles. The van der Waals surface area contributed by atoms with E-state index in [1.165, 1.54) is 12.5 Å². The minimum atomic E-state index is -0.136. The van der Waals surface area contributed by atoms with Crippen LogP contribution in [0.1, 0.15) is 59.0 Å². The number of rotatable bonds is 5. The molecule has 8 heteroatoms. The van der Waals surface area contributed by atoms with Crippen LogP contribution >= 0.6 is 11.6 Å². The Balaban J connectivity index is 1.43. The molecule has 1 aromatic carbocycles. The van der Waals surface area contributed by atoms with Gasteiger partial charge in [0.05, 0.1) is 35.0 Å². The molecule has 0 atom stereocenters. The summed E-state index contributed by atoms with van der Waals surface area (Å²) in [6.07, 6.45) is 5.99. The molecule has 0 spiro atoms. The summed E-state index contributed by atoms with van der Waals surface area (Å²) in [5, 5.41) is 8.25. The van der Waals surface area contributed by atoms with Gasteiger partial charge in [-0.1, -0.05) is 25.4 Å². The number of halogens is 1. The second kappa shape index (κ2) is 8.98. The number of likely N-dealkylation sites (tertiary alicyclic amines) is 1. The van der Waals surface area contributed by atoms with Gasteiger partial charge in [-0.15, -0.1) is 0 Å². The number of furan rings is 1. The summed E-state index contributed by atoms with van der Waals surface area (Å²) < 4.78 is 6.79. The Morgan fingerprint density at radius 3 is 2.48 bits per heavy atom. The second-order valence-corrected chi connectivity index (χ2v) is 8.47. The van der Waals surface area contributed by atoms with Crippen molar-refractivity contribution in [2.45, 2.75) is 38.6 Å². The number of amides is 2. The van der Waals surface area contributed by atoms with Crippen LogP contribution in [0.4, 0.5) is 0 Å². The minimum Gasteiger partial charge on any atom is -0.472 e. The highest BCUT2D eigenvalue weighted by atomic mass is 35.5. The quantitative estimate of drug-likeness (QED) is 0.642. The third-order valence-corrected chi connectivity index (χ3v) is 5.81. The molecule has 3 heterocycles. The first-order valence-electron chi connectivity index (χ1n) is 10.4. The Morgan fingerprint density at radius 2 is 1.87 bits per heavy atom. The lowest BCUT2D eigenvalue weighted by molar-refractivity contribution is 0.0697. The van der Waals surface area contributed by atoms with Crippen LogP contribution in [0, 0.1) is 0 Å². The molecular formula is C23H25ClN4O3. The van der Waals surface area contributed by atoms with Gasteiger partial charge in [0.1, 0.15) is 6.26 Å². The van der Waals surface area contributed by atoms with E-state index in [1.54, 1.807) is 34.0 Å². The number of nitrogens with zero attached hydrogens (tertiary/aromatic N) is 3. The minimum absolute atomic E-state index is 0.0137. The first-order valence-corrected chi connectivity index (χ1v) is 10.8. The van der Waals surface area contributed by atoms with Crippen LogP contribution < -0.4 is 5.32 Å². The molecule has 3 aromatic rings. The van der Waals surface area contributed by atoms with E-state index in [0.29, 0.717) is 42.1 Å². The predicted molar refractivity (Wildman–Crippen MR) is 118 cm³/mol.